The molecule has 0 radical (unpaired) electrons. The van der Waals surface area contributed by atoms with Crippen LogP contribution in [0.4, 0.5) is 5.69 Å². The Labute approximate surface area is 113 Å². The Bertz CT molecular complexity index is 633. The summed E-state index contributed by atoms with van der Waals surface area (Å²) in [4.78, 5) is 14.2. The lowest BCUT2D eigenvalue weighted by Gasteiger charge is -2.28. The van der Waals surface area contributed by atoms with Gasteiger partial charge in [-0.1, -0.05) is 49.4 Å². The van der Waals surface area contributed by atoms with Crippen molar-refractivity contribution < 1.29 is 4.79 Å². The molecule has 0 spiro atoms. The molecule has 0 aromatic heterocycles. The first-order valence-electron chi connectivity index (χ1n) is 6.63. The van der Waals surface area contributed by atoms with Gasteiger partial charge in [-0.05, 0) is 23.6 Å². The average Bonchev–Trinajstić information content (AvgIpc) is 2.45. The molecular formula is C17H17NO. The zero-order chi connectivity index (χ0) is 13.4. The third-order valence-electron chi connectivity index (χ3n) is 3.85. The molecule has 1 aliphatic heterocycles. The number of carbonyl (C=O) groups excluding carboxylic acids is 1. The maximum atomic E-state index is 12.4. The summed E-state index contributed by atoms with van der Waals surface area (Å²) in [6.07, 6.45) is 0.799. The highest BCUT2D eigenvalue weighted by atomic mass is 16.2. The van der Waals surface area contributed by atoms with Crippen molar-refractivity contribution in [2.24, 2.45) is 5.92 Å². The summed E-state index contributed by atoms with van der Waals surface area (Å²) in [7, 11) is 1.87. The van der Waals surface area contributed by atoms with Crippen LogP contribution in [0.5, 0.6) is 0 Å². The first-order valence-corrected chi connectivity index (χ1v) is 6.63. The molecule has 96 valence electrons. The number of fused-ring (bicyclic) bond motifs is 3. The van der Waals surface area contributed by atoms with Crippen LogP contribution in [0.25, 0.3) is 11.1 Å². The van der Waals surface area contributed by atoms with Gasteiger partial charge in [-0.15, -0.1) is 0 Å². The van der Waals surface area contributed by atoms with E-state index < -0.39 is 0 Å². The fourth-order valence-electron chi connectivity index (χ4n) is 2.82. The zero-order valence-electron chi connectivity index (χ0n) is 11.3. The van der Waals surface area contributed by atoms with E-state index in [1.165, 1.54) is 11.1 Å². The van der Waals surface area contributed by atoms with Gasteiger partial charge >= 0.3 is 0 Å². The van der Waals surface area contributed by atoms with E-state index in [9.17, 15) is 4.79 Å². The summed E-state index contributed by atoms with van der Waals surface area (Å²) in [5.74, 6) is 0.196. The fraction of sp³-hybridized carbons (Fsp3) is 0.235. The Hall–Kier alpha value is -2.09. The molecule has 2 aromatic carbocycles. The number of para-hydroxylation sites is 1. The highest BCUT2D eigenvalue weighted by Crippen LogP contribution is 2.36. The molecule has 1 aliphatic rings. The molecule has 1 heterocycles. The fourth-order valence-corrected chi connectivity index (χ4v) is 2.82. The Morgan fingerprint density at radius 3 is 2.42 bits per heavy atom. The second kappa shape index (κ2) is 4.54. The molecule has 0 aliphatic carbocycles. The predicted octanol–water partition coefficient (Wildman–Crippen LogP) is 3.51. The lowest BCUT2D eigenvalue weighted by molar-refractivity contribution is -0.121. The summed E-state index contributed by atoms with van der Waals surface area (Å²) in [6.45, 7) is 2.00. The number of hydrogen-bond donors (Lipinski definition) is 0. The summed E-state index contributed by atoms with van der Waals surface area (Å²) in [5.41, 5.74) is 4.63. The van der Waals surface area contributed by atoms with Crippen molar-refractivity contribution in [3.63, 3.8) is 0 Å². The SMILES string of the molecule is C[C@@H]1Cc2ccccc2-c2ccccc2N(C)C1=O. The number of carbonyl (C=O) groups is 1. The van der Waals surface area contributed by atoms with Gasteiger partial charge in [0.05, 0.1) is 5.69 Å². The first kappa shape index (κ1) is 12.0. The van der Waals surface area contributed by atoms with Crippen molar-refractivity contribution in [3.8, 4) is 11.1 Å². The van der Waals surface area contributed by atoms with Gasteiger partial charge in [-0.25, -0.2) is 0 Å². The topological polar surface area (TPSA) is 20.3 Å². The van der Waals surface area contributed by atoms with Gasteiger partial charge in [0.25, 0.3) is 0 Å². The van der Waals surface area contributed by atoms with Crippen molar-refractivity contribution in [2.75, 3.05) is 11.9 Å². The molecule has 0 bridgehead atoms. The van der Waals surface area contributed by atoms with Gasteiger partial charge in [0.2, 0.25) is 5.91 Å². The number of amides is 1. The molecule has 0 fully saturated rings. The molecule has 19 heavy (non-hydrogen) atoms. The molecule has 0 N–H and O–H groups in total. The molecule has 2 nitrogen and oxygen atoms in total. The molecule has 2 heteroatoms. The summed E-state index contributed by atoms with van der Waals surface area (Å²) < 4.78 is 0. The predicted molar refractivity (Wildman–Crippen MR) is 78.2 cm³/mol. The smallest absolute Gasteiger partial charge is 0.229 e. The summed E-state index contributed by atoms with van der Waals surface area (Å²) >= 11 is 0. The van der Waals surface area contributed by atoms with Gasteiger partial charge in [0.15, 0.2) is 0 Å². The second-order valence-corrected chi connectivity index (χ2v) is 5.18. The van der Waals surface area contributed by atoms with Crippen molar-refractivity contribution in [3.05, 3.63) is 54.1 Å². The summed E-state index contributed by atoms with van der Waals surface area (Å²) in [6, 6.07) is 16.5. The number of rotatable bonds is 0. The highest BCUT2D eigenvalue weighted by Gasteiger charge is 2.25. The van der Waals surface area contributed by atoms with Gasteiger partial charge in [0.1, 0.15) is 0 Å². The number of benzene rings is 2. The highest BCUT2D eigenvalue weighted by molar-refractivity contribution is 6.00. The maximum absolute atomic E-state index is 12.4. The van der Waals surface area contributed by atoms with Gasteiger partial charge in [0, 0.05) is 18.5 Å². The standard InChI is InChI=1S/C17H17NO/c1-12-11-13-7-3-4-8-14(13)15-9-5-6-10-16(15)18(2)17(12)19/h3-10,12H,11H2,1-2H3/t12-/m1/s1. The van der Waals surface area contributed by atoms with Crippen molar-refractivity contribution >= 4 is 11.6 Å². The molecule has 0 saturated heterocycles. The number of hydrogen-bond acceptors (Lipinski definition) is 1. The second-order valence-electron chi connectivity index (χ2n) is 5.18. The Kier molecular flexibility index (Phi) is 2.86. The molecule has 0 saturated carbocycles. The molecule has 0 unspecified atom stereocenters. The van der Waals surface area contributed by atoms with Crippen LogP contribution in [0.15, 0.2) is 48.5 Å². The first-order chi connectivity index (χ1) is 9.18. The van der Waals surface area contributed by atoms with Gasteiger partial charge in [-0.3, -0.25) is 4.79 Å². The average molecular weight is 251 g/mol. The Morgan fingerprint density at radius 1 is 1.00 bits per heavy atom. The lowest BCUT2D eigenvalue weighted by atomic mass is 9.89. The minimum Gasteiger partial charge on any atom is -0.315 e. The van der Waals surface area contributed by atoms with Crippen molar-refractivity contribution in [1.29, 1.82) is 0 Å². The molecular weight excluding hydrogens is 234 g/mol. The Balaban J connectivity index is 2.28. The lowest BCUT2D eigenvalue weighted by Crippen LogP contribution is -2.34. The van der Waals surface area contributed by atoms with Crippen molar-refractivity contribution in [1.82, 2.24) is 0 Å². The maximum Gasteiger partial charge on any atom is 0.229 e. The van der Waals surface area contributed by atoms with Gasteiger partial charge < -0.3 is 4.90 Å². The van der Waals surface area contributed by atoms with E-state index in [0.717, 1.165) is 17.7 Å². The van der Waals surface area contributed by atoms with E-state index in [1.54, 1.807) is 4.90 Å². The quantitative estimate of drug-likeness (QED) is 0.701. The van der Waals surface area contributed by atoms with Crippen LogP contribution >= 0.6 is 0 Å². The van der Waals surface area contributed by atoms with Crippen LogP contribution in [0.3, 0.4) is 0 Å². The number of nitrogens with zero attached hydrogens (tertiary/aromatic N) is 1. The van der Waals surface area contributed by atoms with Crippen LogP contribution in [0, 0.1) is 5.92 Å². The Morgan fingerprint density at radius 2 is 1.63 bits per heavy atom. The van der Waals surface area contributed by atoms with Crippen molar-refractivity contribution in [2.45, 2.75) is 13.3 Å². The van der Waals surface area contributed by atoms with Crippen LogP contribution in [0.1, 0.15) is 12.5 Å². The van der Waals surface area contributed by atoms with Crippen LogP contribution in [-0.2, 0) is 11.2 Å². The van der Waals surface area contributed by atoms with E-state index in [2.05, 4.69) is 24.3 Å². The molecule has 1 atom stereocenters. The van der Waals surface area contributed by atoms with Crippen LogP contribution in [0.2, 0.25) is 0 Å². The van der Waals surface area contributed by atoms with E-state index in [0.29, 0.717) is 0 Å². The van der Waals surface area contributed by atoms with E-state index in [-0.39, 0.29) is 11.8 Å². The third kappa shape index (κ3) is 1.93. The van der Waals surface area contributed by atoms with Crippen LogP contribution < -0.4 is 4.90 Å². The number of anilines is 1. The monoisotopic (exact) mass is 251 g/mol. The van der Waals surface area contributed by atoms with E-state index in [1.807, 2.05) is 38.2 Å². The minimum atomic E-state index is 0.0134. The summed E-state index contributed by atoms with van der Waals surface area (Å²) in [5, 5.41) is 0. The third-order valence-corrected chi connectivity index (χ3v) is 3.85. The molecule has 3 rings (SSSR count). The van der Waals surface area contributed by atoms with E-state index in [4.69, 9.17) is 0 Å². The van der Waals surface area contributed by atoms with Gasteiger partial charge in [-0.2, -0.15) is 0 Å². The largest absolute Gasteiger partial charge is 0.315 e. The molecule has 2 aromatic rings. The van der Waals surface area contributed by atoms with E-state index >= 15 is 0 Å². The molecule has 1 amide bonds. The zero-order valence-corrected chi connectivity index (χ0v) is 11.3. The normalized spacial score (nSPS) is 18.3. The minimum absolute atomic E-state index is 0.0134. The van der Waals surface area contributed by atoms with Crippen LogP contribution in [-0.4, -0.2) is 13.0 Å².